The molecule has 0 bridgehead atoms. The molecule has 2 N–H and O–H groups in total. The SMILES string of the molecule is O=C(N[C@H]1C/C=C\C[C@H]2COC[C@@H](C(=O)O)N2C1=O)c1ccc(F)cc1. The Labute approximate surface area is 149 Å². The second-order valence-electron chi connectivity index (χ2n) is 6.27. The van der Waals surface area contributed by atoms with Crippen molar-refractivity contribution in [3.63, 3.8) is 0 Å². The van der Waals surface area contributed by atoms with Gasteiger partial charge in [-0.3, -0.25) is 9.59 Å². The van der Waals surface area contributed by atoms with Crippen molar-refractivity contribution in [1.82, 2.24) is 10.2 Å². The smallest absolute Gasteiger partial charge is 0.328 e. The molecule has 3 rings (SSSR count). The summed E-state index contributed by atoms with van der Waals surface area (Å²) in [6.45, 7) is 0.165. The number of halogens is 1. The van der Waals surface area contributed by atoms with Crippen LogP contribution in [0.25, 0.3) is 0 Å². The van der Waals surface area contributed by atoms with E-state index in [1.54, 1.807) is 6.08 Å². The summed E-state index contributed by atoms with van der Waals surface area (Å²) in [5.74, 6) is -2.58. The van der Waals surface area contributed by atoms with Crippen LogP contribution in [0.4, 0.5) is 4.39 Å². The predicted octanol–water partition coefficient (Wildman–Crippen LogP) is 0.955. The Bertz CT molecular complexity index is 734. The Morgan fingerprint density at radius 2 is 1.85 bits per heavy atom. The maximum Gasteiger partial charge on any atom is 0.328 e. The van der Waals surface area contributed by atoms with E-state index in [0.717, 1.165) is 12.1 Å². The number of hydrogen-bond acceptors (Lipinski definition) is 4. The van der Waals surface area contributed by atoms with Gasteiger partial charge in [0.15, 0.2) is 6.04 Å². The molecule has 2 amide bonds. The molecule has 2 aliphatic heterocycles. The van der Waals surface area contributed by atoms with Gasteiger partial charge in [0.05, 0.1) is 19.3 Å². The Morgan fingerprint density at radius 3 is 2.54 bits per heavy atom. The fraction of sp³-hybridized carbons (Fsp3) is 0.389. The van der Waals surface area contributed by atoms with Gasteiger partial charge in [-0.25, -0.2) is 9.18 Å². The van der Waals surface area contributed by atoms with Crippen molar-refractivity contribution in [2.45, 2.75) is 31.0 Å². The van der Waals surface area contributed by atoms with Gasteiger partial charge < -0.3 is 20.1 Å². The Hall–Kier alpha value is -2.74. The van der Waals surface area contributed by atoms with Crippen LogP contribution in [-0.4, -0.2) is 59.1 Å². The Balaban J connectivity index is 1.81. The summed E-state index contributed by atoms with van der Waals surface area (Å²) in [7, 11) is 0. The lowest BCUT2D eigenvalue weighted by Gasteiger charge is -2.42. The average molecular weight is 362 g/mol. The fourth-order valence-corrected chi connectivity index (χ4v) is 3.17. The summed E-state index contributed by atoms with van der Waals surface area (Å²) in [5.41, 5.74) is 0.221. The molecule has 0 aromatic heterocycles. The molecule has 0 spiro atoms. The van der Waals surface area contributed by atoms with Crippen molar-refractivity contribution < 1.29 is 28.6 Å². The minimum Gasteiger partial charge on any atom is -0.480 e. The molecular weight excluding hydrogens is 343 g/mol. The van der Waals surface area contributed by atoms with Crippen molar-refractivity contribution in [2.75, 3.05) is 13.2 Å². The number of benzene rings is 1. The van der Waals surface area contributed by atoms with Crippen molar-refractivity contribution in [3.8, 4) is 0 Å². The molecule has 26 heavy (non-hydrogen) atoms. The standard InChI is InChI=1S/C18H19FN2O5/c19-12-7-5-11(6-8-12)16(22)20-14-4-2-1-3-13-9-26-10-15(18(24)25)21(13)17(14)23/h1-2,5-8,13-15H,3-4,9-10H2,(H,20,22)(H,24,25)/b2-1-/t13-,14-,15-/m0/s1. The van der Waals surface area contributed by atoms with Crippen molar-refractivity contribution in [1.29, 1.82) is 0 Å². The first-order chi connectivity index (χ1) is 12.5. The van der Waals surface area contributed by atoms with Gasteiger partial charge in [0.25, 0.3) is 5.91 Å². The summed E-state index contributed by atoms with van der Waals surface area (Å²) in [4.78, 5) is 38.2. The monoisotopic (exact) mass is 362 g/mol. The molecule has 2 heterocycles. The van der Waals surface area contributed by atoms with E-state index in [-0.39, 0.29) is 31.2 Å². The van der Waals surface area contributed by atoms with Crippen LogP contribution in [0.15, 0.2) is 36.4 Å². The number of carboxylic acids is 1. The number of carbonyl (C=O) groups excluding carboxylic acids is 2. The third-order valence-corrected chi connectivity index (χ3v) is 4.51. The molecule has 1 saturated heterocycles. The highest BCUT2D eigenvalue weighted by Gasteiger charge is 2.41. The number of nitrogens with one attached hydrogen (secondary N) is 1. The topological polar surface area (TPSA) is 95.9 Å². The van der Waals surface area contributed by atoms with Crippen molar-refractivity contribution >= 4 is 17.8 Å². The van der Waals surface area contributed by atoms with E-state index in [0.29, 0.717) is 6.42 Å². The zero-order chi connectivity index (χ0) is 18.7. The van der Waals surface area contributed by atoms with Crippen LogP contribution in [0.1, 0.15) is 23.2 Å². The molecule has 138 valence electrons. The van der Waals surface area contributed by atoms with Gasteiger partial charge in [-0.2, -0.15) is 0 Å². The molecule has 7 nitrogen and oxygen atoms in total. The number of ether oxygens (including phenoxy) is 1. The normalized spacial score (nSPS) is 27.0. The third kappa shape index (κ3) is 3.75. The quantitative estimate of drug-likeness (QED) is 0.781. The number of morpholine rings is 1. The number of fused-ring (bicyclic) bond motifs is 1. The molecule has 8 heteroatoms. The summed E-state index contributed by atoms with van der Waals surface area (Å²) < 4.78 is 18.3. The van der Waals surface area contributed by atoms with Crippen LogP contribution in [0.2, 0.25) is 0 Å². The molecule has 1 fully saturated rings. The Morgan fingerprint density at radius 1 is 1.15 bits per heavy atom. The maximum atomic E-state index is 13.0. The van der Waals surface area contributed by atoms with E-state index in [9.17, 15) is 23.9 Å². The van der Waals surface area contributed by atoms with Crippen molar-refractivity contribution in [3.05, 3.63) is 47.8 Å². The zero-order valence-corrected chi connectivity index (χ0v) is 13.9. The van der Waals surface area contributed by atoms with Gasteiger partial charge in [0.2, 0.25) is 5.91 Å². The van der Waals surface area contributed by atoms with Crippen LogP contribution in [0.3, 0.4) is 0 Å². The lowest BCUT2D eigenvalue weighted by Crippen LogP contribution is -2.62. The summed E-state index contributed by atoms with van der Waals surface area (Å²) >= 11 is 0. The number of rotatable bonds is 3. The highest BCUT2D eigenvalue weighted by molar-refractivity contribution is 5.98. The molecule has 1 aromatic carbocycles. The minimum atomic E-state index is -1.14. The lowest BCUT2D eigenvalue weighted by atomic mass is 10.00. The van der Waals surface area contributed by atoms with E-state index in [4.69, 9.17) is 4.74 Å². The number of aliphatic carboxylic acids is 1. The molecule has 2 aliphatic rings. The molecular formula is C18H19FN2O5. The molecule has 0 radical (unpaired) electrons. The Kier molecular flexibility index (Phi) is 5.32. The summed E-state index contributed by atoms with van der Waals surface area (Å²) in [6.07, 6.45) is 4.39. The first-order valence-corrected chi connectivity index (χ1v) is 8.31. The first-order valence-electron chi connectivity index (χ1n) is 8.31. The molecule has 0 aliphatic carbocycles. The zero-order valence-electron chi connectivity index (χ0n) is 13.9. The fourth-order valence-electron chi connectivity index (χ4n) is 3.17. The lowest BCUT2D eigenvalue weighted by molar-refractivity contribution is -0.164. The van der Waals surface area contributed by atoms with Gasteiger partial charge in [0, 0.05) is 5.56 Å². The number of amides is 2. The van der Waals surface area contributed by atoms with Gasteiger partial charge >= 0.3 is 5.97 Å². The van der Waals surface area contributed by atoms with Crippen LogP contribution in [0.5, 0.6) is 0 Å². The van der Waals surface area contributed by atoms with Crippen LogP contribution in [-0.2, 0) is 14.3 Å². The van der Waals surface area contributed by atoms with Gasteiger partial charge in [0.1, 0.15) is 11.9 Å². The second-order valence-corrected chi connectivity index (χ2v) is 6.27. The largest absolute Gasteiger partial charge is 0.480 e. The van der Waals surface area contributed by atoms with E-state index in [1.165, 1.54) is 17.0 Å². The highest BCUT2D eigenvalue weighted by atomic mass is 19.1. The highest BCUT2D eigenvalue weighted by Crippen LogP contribution is 2.22. The average Bonchev–Trinajstić information content (AvgIpc) is 2.62. The first kappa shape index (κ1) is 18.1. The maximum absolute atomic E-state index is 13.0. The molecule has 0 unspecified atom stereocenters. The second kappa shape index (κ2) is 7.65. The van der Waals surface area contributed by atoms with E-state index < -0.39 is 35.7 Å². The summed E-state index contributed by atoms with van der Waals surface area (Å²) in [5, 5.41) is 12.0. The van der Waals surface area contributed by atoms with E-state index in [1.807, 2.05) is 6.08 Å². The van der Waals surface area contributed by atoms with Crippen LogP contribution in [0, 0.1) is 5.82 Å². The molecule has 3 atom stereocenters. The van der Waals surface area contributed by atoms with Gasteiger partial charge in [-0.1, -0.05) is 12.2 Å². The minimum absolute atomic E-state index is 0.0834. The predicted molar refractivity (Wildman–Crippen MR) is 88.9 cm³/mol. The van der Waals surface area contributed by atoms with E-state index in [2.05, 4.69) is 5.32 Å². The van der Waals surface area contributed by atoms with Gasteiger partial charge in [-0.05, 0) is 37.1 Å². The van der Waals surface area contributed by atoms with Gasteiger partial charge in [-0.15, -0.1) is 0 Å². The van der Waals surface area contributed by atoms with Crippen LogP contribution < -0.4 is 5.32 Å². The van der Waals surface area contributed by atoms with E-state index >= 15 is 0 Å². The number of carbonyl (C=O) groups is 3. The van der Waals surface area contributed by atoms with Crippen LogP contribution >= 0.6 is 0 Å². The molecule has 1 aromatic rings. The molecule has 0 saturated carbocycles. The number of carboxylic acid groups (broad SMARTS) is 1. The number of nitrogens with zero attached hydrogens (tertiary/aromatic N) is 1. The van der Waals surface area contributed by atoms with Crippen molar-refractivity contribution in [2.24, 2.45) is 0 Å². The summed E-state index contributed by atoms with van der Waals surface area (Å²) in [6, 6.07) is 2.60. The number of hydrogen-bond donors (Lipinski definition) is 2. The third-order valence-electron chi connectivity index (χ3n) is 4.51.